The maximum Gasteiger partial charge on any atom is 0.237 e. The van der Waals surface area contributed by atoms with Crippen LogP contribution < -0.4 is 5.32 Å². The third-order valence-electron chi connectivity index (χ3n) is 5.59. The number of carbonyl (C=O) groups is 1. The molecule has 162 valence electrons. The molecule has 0 spiro atoms. The number of nitriles is 1. The summed E-state index contributed by atoms with van der Waals surface area (Å²) in [4.78, 5) is 17.4. The van der Waals surface area contributed by atoms with Crippen molar-refractivity contribution < 1.29 is 9.18 Å². The van der Waals surface area contributed by atoms with Crippen molar-refractivity contribution in [3.05, 3.63) is 87.8 Å². The number of carbonyl (C=O) groups excluding carboxylic acids is 1. The first kappa shape index (κ1) is 22.3. The summed E-state index contributed by atoms with van der Waals surface area (Å²) in [6.07, 6.45) is 2.69. The van der Waals surface area contributed by atoms with Crippen molar-refractivity contribution in [3.8, 4) is 6.07 Å². The lowest BCUT2D eigenvalue weighted by atomic mass is 9.82. The molecule has 1 N–H and O–H groups in total. The molecule has 0 aliphatic heterocycles. The maximum absolute atomic E-state index is 13.3. The number of amides is 1. The Balaban J connectivity index is 1.49. The Morgan fingerprint density at radius 2 is 2.06 bits per heavy atom. The number of benzene rings is 2. The fourth-order valence-corrected chi connectivity index (χ4v) is 4.94. The molecule has 0 bridgehead atoms. The van der Waals surface area contributed by atoms with Crippen LogP contribution in [-0.4, -0.2) is 16.1 Å². The molecule has 2 aromatic carbocycles. The second kappa shape index (κ2) is 9.72. The van der Waals surface area contributed by atoms with E-state index in [9.17, 15) is 14.4 Å². The van der Waals surface area contributed by atoms with Crippen molar-refractivity contribution in [2.24, 2.45) is 0 Å². The number of halogens is 2. The van der Waals surface area contributed by atoms with Crippen molar-refractivity contribution in [2.75, 3.05) is 5.32 Å². The smallest absolute Gasteiger partial charge is 0.237 e. The number of hydrogen-bond donors (Lipinski definition) is 1. The molecule has 1 aliphatic carbocycles. The van der Waals surface area contributed by atoms with Crippen LogP contribution in [0, 0.1) is 17.1 Å². The molecular formula is C25H21ClFN3OS. The van der Waals surface area contributed by atoms with Crippen molar-refractivity contribution in [1.29, 1.82) is 5.26 Å². The number of aromatic nitrogens is 1. The molecule has 0 fully saturated rings. The summed E-state index contributed by atoms with van der Waals surface area (Å²) in [5.41, 5.74) is 4.30. The predicted molar refractivity (Wildman–Crippen MR) is 126 cm³/mol. The van der Waals surface area contributed by atoms with Gasteiger partial charge in [0.1, 0.15) is 16.9 Å². The molecular weight excluding hydrogens is 445 g/mol. The molecule has 1 aliphatic rings. The monoisotopic (exact) mass is 465 g/mol. The lowest BCUT2D eigenvalue weighted by Crippen LogP contribution is -2.23. The van der Waals surface area contributed by atoms with Gasteiger partial charge in [0.2, 0.25) is 5.91 Å². The molecule has 2 atom stereocenters. The van der Waals surface area contributed by atoms with Gasteiger partial charge in [-0.15, -0.1) is 0 Å². The number of nitrogens with one attached hydrogen (secondary N) is 1. The molecule has 0 saturated carbocycles. The van der Waals surface area contributed by atoms with Gasteiger partial charge in [-0.3, -0.25) is 4.79 Å². The Labute approximate surface area is 195 Å². The first-order valence-electron chi connectivity index (χ1n) is 10.3. The third kappa shape index (κ3) is 4.95. The summed E-state index contributed by atoms with van der Waals surface area (Å²) in [7, 11) is 0. The minimum Gasteiger partial charge on any atom is -0.325 e. The molecule has 1 heterocycles. The molecule has 1 amide bonds. The Morgan fingerprint density at radius 1 is 1.28 bits per heavy atom. The van der Waals surface area contributed by atoms with Gasteiger partial charge in [0.25, 0.3) is 0 Å². The summed E-state index contributed by atoms with van der Waals surface area (Å²) >= 11 is 7.03. The van der Waals surface area contributed by atoms with Crippen molar-refractivity contribution in [3.63, 3.8) is 0 Å². The minimum absolute atomic E-state index is 0.0555. The SMILES string of the molecule is CC(Sc1nc2c(cc1C#N)CC(c1ccccc1)CC2)C(=O)Nc1ccc(F)c(Cl)c1. The van der Waals surface area contributed by atoms with Gasteiger partial charge in [0.15, 0.2) is 0 Å². The number of fused-ring (bicyclic) bond motifs is 1. The van der Waals surface area contributed by atoms with E-state index in [1.807, 2.05) is 12.1 Å². The van der Waals surface area contributed by atoms with Crippen LogP contribution in [-0.2, 0) is 17.6 Å². The second-order valence-electron chi connectivity index (χ2n) is 7.79. The molecule has 1 aromatic heterocycles. The molecule has 3 aromatic rings. The van der Waals surface area contributed by atoms with Crippen molar-refractivity contribution in [1.82, 2.24) is 4.98 Å². The lowest BCUT2D eigenvalue weighted by Gasteiger charge is -2.25. The van der Waals surface area contributed by atoms with E-state index < -0.39 is 11.1 Å². The number of anilines is 1. The van der Waals surface area contributed by atoms with E-state index in [1.54, 1.807) is 6.92 Å². The first-order valence-corrected chi connectivity index (χ1v) is 11.6. The van der Waals surface area contributed by atoms with Gasteiger partial charge in [-0.05, 0) is 67.5 Å². The predicted octanol–water partition coefficient (Wildman–Crippen LogP) is 6.14. The van der Waals surface area contributed by atoms with Gasteiger partial charge in [-0.25, -0.2) is 9.37 Å². The van der Waals surface area contributed by atoms with Crippen LogP contribution in [0.4, 0.5) is 10.1 Å². The van der Waals surface area contributed by atoms with E-state index in [-0.39, 0.29) is 10.9 Å². The Kier molecular flexibility index (Phi) is 6.78. The first-order chi connectivity index (χ1) is 15.4. The number of nitrogens with zero attached hydrogens (tertiary/aromatic N) is 2. The van der Waals surface area contributed by atoms with Crippen LogP contribution in [0.25, 0.3) is 0 Å². The highest BCUT2D eigenvalue weighted by atomic mass is 35.5. The van der Waals surface area contributed by atoms with E-state index in [0.29, 0.717) is 22.2 Å². The Morgan fingerprint density at radius 3 is 2.78 bits per heavy atom. The molecule has 7 heteroatoms. The summed E-state index contributed by atoms with van der Waals surface area (Å²) in [5.74, 6) is -0.397. The van der Waals surface area contributed by atoms with Gasteiger partial charge in [-0.2, -0.15) is 5.26 Å². The van der Waals surface area contributed by atoms with Crippen LogP contribution in [0.3, 0.4) is 0 Å². The number of thioether (sulfide) groups is 1. The van der Waals surface area contributed by atoms with Gasteiger partial charge in [0.05, 0.1) is 15.8 Å². The number of pyridine rings is 1. The standard InChI is InChI=1S/C25H21ClFN3OS/c1-15(24(31)29-20-8-9-22(27)21(26)13-20)32-25-19(14-28)12-18-11-17(7-10-23(18)30-25)16-5-3-2-4-6-16/h2-6,8-9,12-13,15,17H,7,10-11H2,1H3,(H,29,31). The summed E-state index contributed by atoms with van der Waals surface area (Å²) in [6, 6.07) is 18.6. The van der Waals surface area contributed by atoms with Crippen LogP contribution >= 0.6 is 23.4 Å². The summed E-state index contributed by atoms with van der Waals surface area (Å²) in [5, 5.41) is 12.4. The molecule has 0 radical (unpaired) electrons. The third-order valence-corrected chi connectivity index (χ3v) is 6.98. The molecule has 4 rings (SSSR count). The molecule has 0 saturated heterocycles. The van der Waals surface area contributed by atoms with E-state index in [2.05, 4.69) is 35.7 Å². The Hall–Kier alpha value is -2.88. The fourth-order valence-electron chi connectivity index (χ4n) is 3.86. The van der Waals surface area contributed by atoms with Gasteiger partial charge < -0.3 is 5.32 Å². The van der Waals surface area contributed by atoms with E-state index >= 15 is 0 Å². The van der Waals surface area contributed by atoms with Crippen LogP contribution in [0.5, 0.6) is 0 Å². The van der Waals surface area contributed by atoms with E-state index in [1.165, 1.54) is 35.5 Å². The normalized spacial score (nSPS) is 16.0. The number of rotatable bonds is 5. The zero-order valence-corrected chi connectivity index (χ0v) is 19.0. The van der Waals surface area contributed by atoms with Crippen molar-refractivity contribution in [2.45, 2.75) is 42.4 Å². The minimum atomic E-state index is -0.543. The van der Waals surface area contributed by atoms with Gasteiger partial charge in [0, 0.05) is 11.4 Å². The molecule has 2 unspecified atom stereocenters. The quantitative estimate of drug-likeness (QED) is 0.460. The van der Waals surface area contributed by atoms with Gasteiger partial charge in [-0.1, -0.05) is 53.7 Å². The van der Waals surface area contributed by atoms with Crippen LogP contribution in [0.15, 0.2) is 59.6 Å². The highest BCUT2D eigenvalue weighted by Gasteiger charge is 2.25. The largest absolute Gasteiger partial charge is 0.325 e. The summed E-state index contributed by atoms with van der Waals surface area (Å²) < 4.78 is 13.3. The highest BCUT2D eigenvalue weighted by Crippen LogP contribution is 2.35. The van der Waals surface area contributed by atoms with Crippen LogP contribution in [0.1, 0.15) is 41.6 Å². The average Bonchev–Trinajstić information content (AvgIpc) is 2.81. The van der Waals surface area contributed by atoms with Crippen LogP contribution in [0.2, 0.25) is 5.02 Å². The number of aryl methyl sites for hydroxylation is 1. The lowest BCUT2D eigenvalue weighted by molar-refractivity contribution is -0.115. The zero-order chi connectivity index (χ0) is 22.7. The van der Waals surface area contributed by atoms with Gasteiger partial charge >= 0.3 is 0 Å². The average molecular weight is 466 g/mol. The van der Waals surface area contributed by atoms with E-state index in [0.717, 1.165) is 30.5 Å². The molecule has 4 nitrogen and oxygen atoms in total. The van der Waals surface area contributed by atoms with Crippen molar-refractivity contribution >= 4 is 35.0 Å². The fraction of sp³-hybridized carbons (Fsp3) is 0.240. The van der Waals surface area contributed by atoms with E-state index in [4.69, 9.17) is 16.6 Å². The Bertz CT molecular complexity index is 1200. The maximum atomic E-state index is 13.3. The highest BCUT2D eigenvalue weighted by molar-refractivity contribution is 8.00. The second-order valence-corrected chi connectivity index (χ2v) is 9.52. The summed E-state index contributed by atoms with van der Waals surface area (Å²) in [6.45, 7) is 1.75. The zero-order valence-electron chi connectivity index (χ0n) is 17.4. The number of hydrogen-bond acceptors (Lipinski definition) is 4. The molecule has 32 heavy (non-hydrogen) atoms. The topological polar surface area (TPSA) is 65.8 Å².